The Hall–Kier alpha value is -2.21. The highest BCUT2D eigenvalue weighted by atomic mass is 32.2. The summed E-state index contributed by atoms with van der Waals surface area (Å²) in [5, 5.41) is 2.66. The van der Waals surface area contributed by atoms with E-state index in [1.54, 1.807) is 40.9 Å². The van der Waals surface area contributed by atoms with Crippen molar-refractivity contribution in [2.45, 2.75) is 23.1 Å². The number of para-hydroxylation sites is 1. The monoisotopic (exact) mass is 492 g/mol. The molecule has 2 saturated heterocycles. The molecule has 4 heterocycles. The van der Waals surface area contributed by atoms with E-state index in [9.17, 15) is 13.2 Å². The van der Waals surface area contributed by atoms with Crippen LogP contribution in [-0.2, 0) is 14.8 Å². The number of rotatable bonds is 5. The first-order valence-corrected chi connectivity index (χ1v) is 13.7. The predicted octanol–water partition coefficient (Wildman–Crippen LogP) is 2.87. The molecule has 3 aromatic rings. The van der Waals surface area contributed by atoms with Gasteiger partial charge in [-0.1, -0.05) is 23.5 Å². The normalized spacial score (nSPS) is 20.2. The Labute approximate surface area is 195 Å². The molecule has 5 rings (SSSR count). The van der Waals surface area contributed by atoms with E-state index in [0.717, 1.165) is 21.1 Å². The second-order valence-corrected chi connectivity index (χ2v) is 11.9. The van der Waals surface area contributed by atoms with Crippen molar-refractivity contribution in [3.8, 4) is 5.75 Å². The van der Waals surface area contributed by atoms with E-state index >= 15 is 0 Å². The summed E-state index contributed by atoms with van der Waals surface area (Å²) < 4.78 is 34.2. The Morgan fingerprint density at radius 1 is 1.12 bits per heavy atom. The lowest BCUT2D eigenvalue weighted by Gasteiger charge is -2.37. The van der Waals surface area contributed by atoms with E-state index in [4.69, 9.17) is 9.72 Å². The molecule has 2 aliphatic heterocycles. The molecule has 0 aliphatic carbocycles. The Morgan fingerprint density at radius 2 is 1.94 bits per heavy atom. The van der Waals surface area contributed by atoms with Crippen LogP contribution in [0.15, 0.2) is 39.9 Å². The van der Waals surface area contributed by atoms with Crippen LogP contribution in [0.25, 0.3) is 10.2 Å². The second-order valence-electron chi connectivity index (χ2n) is 7.82. The number of carbonyl (C=O) groups is 1. The van der Waals surface area contributed by atoms with Gasteiger partial charge in [0.1, 0.15) is 21.5 Å². The maximum absolute atomic E-state index is 13.3. The molecule has 8 nitrogen and oxygen atoms in total. The lowest BCUT2D eigenvalue weighted by atomic mass is 10.2. The Balaban J connectivity index is 1.27. The van der Waals surface area contributed by atoms with Crippen LogP contribution in [0.2, 0.25) is 0 Å². The molecule has 0 N–H and O–H groups in total. The summed E-state index contributed by atoms with van der Waals surface area (Å²) in [5.41, 5.74) is 0.855. The summed E-state index contributed by atoms with van der Waals surface area (Å²) in [6.07, 6.45) is 1.27. The number of benzene rings is 1. The highest BCUT2D eigenvalue weighted by molar-refractivity contribution is 7.91. The molecule has 170 valence electrons. The molecule has 1 atom stereocenters. The smallest absolute Gasteiger partial charge is 0.253 e. The third-order valence-electron chi connectivity index (χ3n) is 6.00. The summed E-state index contributed by atoms with van der Waals surface area (Å²) in [5.74, 6) is 0.667. The van der Waals surface area contributed by atoms with Gasteiger partial charge in [0, 0.05) is 32.7 Å². The predicted molar refractivity (Wildman–Crippen MR) is 126 cm³/mol. The number of thiophene rings is 1. The number of carbonyl (C=O) groups excluding carboxylic acids is 1. The van der Waals surface area contributed by atoms with Crippen molar-refractivity contribution >= 4 is 54.0 Å². The van der Waals surface area contributed by atoms with Crippen LogP contribution in [-0.4, -0.2) is 74.4 Å². The van der Waals surface area contributed by atoms with Crippen LogP contribution in [0.3, 0.4) is 0 Å². The quantitative estimate of drug-likeness (QED) is 0.545. The van der Waals surface area contributed by atoms with Crippen LogP contribution in [0.1, 0.15) is 12.8 Å². The van der Waals surface area contributed by atoms with E-state index in [1.165, 1.54) is 15.6 Å². The number of hydrogen-bond donors (Lipinski definition) is 0. The molecule has 32 heavy (non-hydrogen) atoms. The van der Waals surface area contributed by atoms with Crippen LogP contribution in [0, 0.1) is 0 Å². The third kappa shape index (κ3) is 3.76. The summed E-state index contributed by atoms with van der Waals surface area (Å²) in [4.78, 5) is 22.0. The van der Waals surface area contributed by atoms with E-state index in [2.05, 4.69) is 4.90 Å². The van der Waals surface area contributed by atoms with Gasteiger partial charge < -0.3 is 14.5 Å². The minimum Gasteiger partial charge on any atom is -0.494 e. The zero-order valence-corrected chi connectivity index (χ0v) is 20.1. The van der Waals surface area contributed by atoms with Crippen molar-refractivity contribution < 1.29 is 17.9 Å². The summed E-state index contributed by atoms with van der Waals surface area (Å²) >= 11 is 2.81. The van der Waals surface area contributed by atoms with Gasteiger partial charge in [0.25, 0.3) is 10.0 Å². The summed E-state index contributed by atoms with van der Waals surface area (Å²) in [7, 11) is -1.99. The number of fused-ring (bicyclic) bond motifs is 1. The molecule has 0 bridgehead atoms. The lowest BCUT2D eigenvalue weighted by molar-refractivity contribution is -0.134. The summed E-state index contributed by atoms with van der Waals surface area (Å²) in [6, 6.07) is 8.60. The summed E-state index contributed by atoms with van der Waals surface area (Å²) in [6.45, 7) is 2.82. The average molecular weight is 493 g/mol. The van der Waals surface area contributed by atoms with E-state index in [1.807, 2.05) is 18.2 Å². The molecule has 1 aromatic carbocycles. The number of amides is 1. The number of methoxy groups -OCH3 is 1. The fraction of sp³-hybridized carbons (Fsp3) is 0.429. The van der Waals surface area contributed by atoms with Gasteiger partial charge in [-0.05, 0) is 36.4 Å². The van der Waals surface area contributed by atoms with Gasteiger partial charge in [-0.25, -0.2) is 13.4 Å². The molecule has 11 heteroatoms. The third-order valence-corrected chi connectivity index (χ3v) is 10.4. The zero-order valence-electron chi connectivity index (χ0n) is 17.6. The number of anilines is 1. The Kier molecular flexibility index (Phi) is 5.82. The number of thiazole rings is 1. The SMILES string of the molecule is COc1cccc2sc(N3CCN(C(=O)[C@H]4CCCN4S(=O)(=O)c4cccs4)CC3)nc12. The number of hydrogen-bond acceptors (Lipinski definition) is 8. The number of piperazine rings is 1. The minimum absolute atomic E-state index is 0.0896. The van der Waals surface area contributed by atoms with Gasteiger partial charge >= 0.3 is 0 Å². The van der Waals surface area contributed by atoms with Crippen molar-refractivity contribution in [1.29, 1.82) is 0 Å². The van der Waals surface area contributed by atoms with Gasteiger partial charge in [0.15, 0.2) is 5.13 Å². The van der Waals surface area contributed by atoms with Crippen LogP contribution < -0.4 is 9.64 Å². The molecule has 2 aromatic heterocycles. The molecule has 0 spiro atoms. The zero-order chi connectivity index (χ0) is 22.3. The van der Waals surface area contributed by atoms with Crippen LogP contribution >= 0.6 is 22.7 Å². The maximum atomic E-state index is 13.3. The number of ether oxygens (including phenoxy) is 1. The van der Waals surface area contributed by atoms with Gasteiger partial charge in [0.05, 0.1) is 11.8 Å². The molecule has 2 fully saturated rings. The molecule has 0 unspecified atom stereocenters. The molecule has 2 aliphatic rings. The molecule has 0 radical (unpaired) electrons. The lowest BCUT2D eigenvalue weighted by Crippen LogP contribution is -2.54. The standard InChI is InChI=1S/C21H24N4O4S3/c1-29-16-6-2-7-17-19(16)22-21(31-17)24-12-10-23(11-13-24)20(26)15-5-3-9-25(15)32(27,28)18-8-4-14-30-18/h2,4,6-8,14-15H,3,5,9-13H2,1H3/t15-/m1/s1. The van der Waals surface area contributed by atoms with Gasteiger partial charge in [-0.3, -0.25) is 4.79 Å². The molecule has 1 amide bonds. The average Bonchev–Trinajstić information content (AvgIpc) is 3.58. The van der Waals surface area contributed by atoms with Crippen molar-refractivity contribution in [3.63, 3.8) is 0 Å². The fourth-order valence-corrected chi connectivity index (χ4v) is 8.15. The van der Waals surface area contributed by atoms with Crippen LogP contribution in [0.4, 0.5) is 5.13 Å². The van der Waals surface area contributed by atoms with Crippen molar-refractivity contribution in [2.24, 2.45) is 0 Å². The van der Waals surface area contributed by atoms with E-state index in [-0.39, 0.29) is 5.91 Å². The second kappa shape index (κ2) is 8.62. The molecular weight excluding hydrogens is 468 g/mol. The first kappa shape index (κ1) is 21.6. The van der Waals surface area contributed by atoms with Gasteiger partial charge in [-0.2, -0.15) is 4.31 Å². The van der Waals surface area contributed by atoms with E-state index in [0.29, 0.717) is 49.8 Å². The number of nitrogens with zero attached hydrogens (tertiary/aromatic N) is 4. The van der Waals surface area contributed by atoms with Crippen molar-refractivity contribution in [1.82, 2.24) is 14.2 Å². The maximum Gasteiger partial charge on any atom is 0.253 e. The first-order chi connectivity index (χ1) is 15.5. The molecule has 0 saturated carbocycles. The van der Waals surface area contributed by atoms with Gasteiger partial charge in [-0.15, -0.1) is 11.3 Å². The topological polar surface area (TPSA) is 83.0 Å². The largest absolute Gasteiger partial charge is 0.494 e. The fourth-order valence-electron chi connectivity index (χ4n) is 4.34. The molecular formula is C21H24N4O4S3. The van der Waals surface area contributed by atoms with Crippen molar-refractivity contribution in [3.05, 3.63) is 35.7 Å². The minimum atomic E-state index is -3.63. The number of sulfonamides is 1. The van der Waals surface area contributed by atoms with E-state index < -0.39 is 16.1 Å². The van der Waals surface area contributed by atoms with Crippen LogP contribution in [0.5, 0.6) is 5.75 Å². The highest BCUT2D eigenvalue weighted by Gasteiger charge is 2.42. The van der Waals surface area contributed by atoms with Crippen molar-refractivity contribution in [2.75, 3.05) is 44.7 Å². The first-order valence-electron chi connectivity index (χ1n) is 10.5. The van der Waals surface area contributed by atoms with Gasteiger partial charge in [0.2, 0.25) is 5.91 Å². The Bertz CT molecular complexity index is 1220. The highest BCUT2D eigenvalue weighted by Crippen LogP contribution is 2.35. The Morgan fingerprint density at radius 3 is 2.66 bits per heavy atom. The number of aromatic nitrogens is 1.